The van der Waals surface area contributed by atoms with E-state index in [1.54, 1.807) is 0 Å². The minimum atomic E-state index is -0.00293. The molecule has 1 aromatic carbocycles. The fraction of sp³-hybridized carbons (Fsp3) is 0.650. The van der Waals surface area contributed by atoms with Crippen molar-refractivity contribution in [1.29, 1.82) is 0 Å². The highest BCUT2D eigenvalue weighted by molar-refractivity contribution is 5.85. The van der Waals surface area contributed by atoms with Gasteiger partial charge in [-0.15, -0.1) is 12.4 Å². The number of aryl methyl sites for hydroxylation is 1. The molecule has 5 heteroatoms. The molecule has 1 aliphatic heterocycles. The summed E-state index contributed by atoms with van der Waals surface area (Å²) in [6, 6.07) is 8.74. The van der Waals surface area contributed by atoms with Crippen molar-refractivity contribution in [2.75, 3.05) is 19.8 Å². The maximum Gasteiger partial charge on any atom is 0.220 e. The van der Waals surface area contributed by atoms with Gasteiger partial charge in [0, 0.05) is 37.6 Å². The largest absolute Gasteiger partial charge is 0.381 e. The molecule has 1 aliphatic carbocycles. The van der Waals surface area contributed by atoms with Crippen molar-refractivity contribution in [2.24, 2.45) is 11.7 Å². The predicted molar refractivity (Wildman–Crippen MR) is 103 cm³/mol. The number of benzene rings is 1. The van der Waals surface area contributed by atoms with Gasteiger partial charge in [0.1, 0.15) is 0 Å². The third kappa shape index (κ3) is 4.75. The second kappa shape index (κ2) is 9.02. The van der Waals surface area contributed by atoms with Crippen molar-refractivity contribution in [3.63, 3.8) is 0 Å². The summed E-state index contributed by atoms with van der Waals surface area (Å²) in [6.07, 6.45) is 5.79. The van der Waals surface area contributed by atoms with Gasteiger partial charge in [-0.2, -0.15) is 0 Å². The summed E-state index contributed by atoms with van der Waals surface area (Å²) in [5.74, 6) is 0.505. The Morgan fingerprint density at radius 2 is 2.00 bits per heavy atom. The van der Waals surface area contributed by atoms with Crippen molar-refractivity contribution in [3.8, 4) is 0 Å². The van der Waals surface area contributed by atoms with Gasteiger partial charge in [-0.1, -0.05) is 30.7 Å². The van der Waals surface area contributed by atoms with Crippen LogP contribution >= 0.6 is 12.4 Å². The highest BCUT2D eigenvalue weighted by atomic mass is 35.5. The van der Waals surface area contributed by atoms with Crippen molar-refractivity contribution in [3.05, 3.63) is 35.4 Å². The van der Waals surface area contributed by atoms with E-state index < -0.39 is 0 Å². The second-order valence-electron chi connectivity index (χ2n) is 7.54. The van der Waals surface area contributed by atoms with Gasteiger partial charge in [0.25, 0.3) is 0 Å². The van der Waals surface area contributed by atoms with Gasteiger partial charge >= 0.3 is 0 Å². The van der Waals surface area contributed by atoms with Gasteiger partial charge in [0.15, 0.2) is 0 Å². The lowest BCUT2D eigenvalue weighted by Crippen LogP contribution is -2.45. The molecule has 1 heterocycles. The molecule has 25 heavy (non-hydrogen) atoms. The number of nitrogens with one attached hydrogen (secondary N) is 1. The number of hydrogen-bond acceptors (Lipinski definition) is 3. The summed E-state index contributed by atoms with van der Waals surface area (Å²) in [4.78, 5) is 12.4. The zero-order chi connectivity index (χ0) is 17.0. The first-order chi connectivity index (χ1) is 11.6. The van der Waals surface area contributed by atoms with Crippen molar-refractivity contribution >= 4 is 18.3 Å². The Balaban J connectivity index is 0.00000225. The van der Waals surface area contributed by atoms with Gasteiger partial charge in [-0.3, -0.25) is 4.79 Å². The Bertz CT molecular complexity index is 573. The Morgan fingerprint density at radius 3 is 2.64 bits per heavy atom. The lowest BCUT2D eigenvalue weighted by Gasteiger charge is -2.39. The molecular formula is C20H31ClN2O2. The van der Waals surface area contributed by atoms with Crippen LogP contribution in [0.5, 0.6) is 0 Å². The van der Waals surface area contributed by atoms with E-state index >= 15 is 0 Å². The number of amides is 1. The van der Waals surface area contributed by atoms with Crippen LogP contribution in [0.2, 0.25) is 0 Å². The van der Waals surface area contributed by atoms with Crippen LogP contribution in [0.25, 0.3) is 0 Å². The van der Waals surface area contributed by atoms with Crippen LogP contribution in [0.3, 0.4) is 0 Å². The zero-order valence-corrected chi connectivity index (χ0v) is 15.9. The van der Waals surface area contributed by atoms with Crippen LogP contribution in [-0.4, -0.2) is 31.7 Å². The van der Waals surface area contributed by atoms with E-state index in [9.17, 15) is 4.79 Å². The Kier molecular flexibility index (Phi) is 7.29. The van der Waals surface area contributed by atoms with Crippen LogP contribution in [0, 0.1) is 12.8 Å². The van der Waals surface area contributed by atoms with E-state index in [2.05, 4.69) is 36.5 Å². The van der Waals surface area contributed by atoms with Crippen LogP contribution < -0.4 is 11.1 Å². The number of ether oxygens (including phenoxy) is 1. The molecule has 4 nitrogen and oxygen atoms in total. The van der Waals surface area contributed by atoms with Crippen molar-refractivity contribution < 1.29 is 9.53 Å². The highest BCUT2D eigenvalue weighted by Crippen LogP contribution is 2.36. The molecule has 3 N–H and O–H groups in total. The van der Waals surface area contributed by atoms with Crippen LogP contribution in [0.4, 0.5) is 0 Å². The van der Waals surface area contributed by atoms with Crippen molar-refractivity contribution in [2.45, 2.75) is 56.9 Å². The van der Waals surface area contributed by atoms with Crippen LogP contribution in [0.1, 0.15) is 49.7 Å². The number of carbonyl (C=O) groups is 1. The van der Waals surface area contributed by atoms with E-state index in [1.165, 1.54) is 11.1 Å². The minimum absolute atomic E-state index is 0. The first-order valence-corrected chi connectivity index (χ1v) is 9.27. The normalized spacial score (nSPS) is 25.2. The molecule has 0 radical (unpaired) electrons. The van der Waals surface area contributed by atoms with Gasteiger partial charge in [-0.25, -0.2) is 0 Å². The van der Waals surface area contributed by atoms with E-state index in [0.717, 1.165) is 45.3 Å². The summed E-state index contributed by atoms with van der Waals surface area (Å²) >= 11 is 0. The molecule has 140 valence electrons. The van der Waals surface area contributed by atoms with E-state index in [0.29, 0.717) is 18.9 Å². The zero-order valence-electron chi connectivity index (χ0n) is 15.1. The molecule has 0 bridgehead atoms. The molecular weight excluding hydrogens is 336 g/mol. The number of carbonyl (C=O) groups excluding carboxylic acids is 1. The molecule has 3 rings (SSSR count). The Hall–Kier alpha value is -1.10. The van der Waals surface area contributed by atoms with E-state index in [4.69, 9.17) is 10.5 Å². The molecule has 1 amide bonds. The maximum atomic E-state index is 12.4. The van der Waals surface area contributed by atoms with E-state index in [1.807, 2.05) is 0 Å². The summed E-state index contributed by atoms with van der Waals surface area (Å²) in [5, 5.41) is 3.22. The lowest BCUT2D eigenvalue weighted by molar-refractivity contribution is -0.122. The maximum absolute atomic E-state index is 12.4. The number of nitrogens with two attached hydrogens (primary N) is 1. The molecule has 0 spiro atoms. The second-order valence-corrected chi connectivity index (χ2v) is 7.54. The third-order valence-electron chi connectivity index (χ3n) is 5.96. The predicted octanol–water partition coefficient (Wildman–Crippen LogP) is 3.10. The minimum Gasteiger partial charge on any atom is -0.381 e. The van der Waals surface area contributed by atoms with Gasteiger partial charge in [0.05, 0.1) is 0 Å². The highest BCUT2D eigenvalue weighted by Gasteiger charge is 2.36. The standard InChI is InChI=1S/C20H30N2O2.ClH/c1-15-5-2-3-7-17(15)20(9-11-24-12-10-20)14-22-19(23)13-16-6-4-8-18(16)21;/h2-3,5,7,16,18H,4,6,8-14,21H2,1H3,(H,22,23);1H/t16-,18+;/m0./s1. The van der Waals surface area contributed by atoms with Gasteiger partial charge in [0.2, 0.25) is 5.91 Å². The smallest absolute Gasteiger partial charge is 0.220 e. The summed E-state index contributed by atoms with van der Waals surface area (Å²) in [6.45, 7) is 4.38. The molecule has 0 aromatic heterocycles. The van der Waals surface area contributed by atoms with E-state index in [-0.39, 0.29) is 29.8 Å². The summed E-state index contributed by atoms with van der Waals surface area (Å²) in [5.41, 5.74) is 8.75. The first-order valence-electron chi connectivity index (χ1n) is 9.27. The topological polar surface area (TPSA) is 64.4 Å². The lowest BCUT2D eigenvalue weighted by atomic mass is 9.72. The van der Waals surface area contributed by atoms with Crippen molar-refractivity contribution in [1.82, 2.24) is 5.32 Å². The fourth-order valence-corrected chi connectivity index (χ4v) is 4.37. The average molecular weight is 367 g/mol. The summed E-state index contributed by atoms with van der Waals surface area (Å²) in [7, 11) is 0. The molecule has 2 aliphatic rings. The molecule has 2 atom stereocenters. The van der Waals surface area contributed by atoms with Crippen LogP contribution in [-0.2, 0) is 14.9 Å². The first kappa shape index (κ1) is 20.2. The fourth-order valence-electron chi connectivity index (χ4n) is 4.37. The molecule has 1 aromatic rings. The molecule has 1 saturated carbocycles. The Morgan fingerprint density at radius 1 is 1.28 bits per heavy atom. The third-order valence-corrected chi connectivity index (χ3v) is 5.96. The number of rotatable bonds is 5. The average Bonchev–Trinajstić information content (AvgIpc) is 2.99. The monoisotopic (exact) mass is 366 g/mol. The SMILES string of the molecule is Cc1ccccc1C1(CNC(=O)C[C@@H]2CCC[C@H]2N)CCOCC1.Cl. The summed E-state index contributed by atoms with van der Waals surface area (Å²) < 4.78 is 5.59. The Labute approximate surface area is 157 Å². The van der Waals surface area contributed by atoms with Gasteiger partial charge < -0.3 is 15.8 Å². The quantitative estimate of drug-likeness (QED) is 0.841. The molecule has 1 saturated heterocycles. The molecule has 0 unspecified atom stereocenters. The number of hydrogen-bond donors (Lipinski definition) is 2. The van der Waals surface area contributed by atoms with Crippen LogP contribution in [0.15, 0.2) is 24.3 Å². The molecule has 2 fully saturated rings. The van der Waals surface area contributed by atoms with Gasteiger partial charge in [-0.05, 0) is 49.7 Å². The number of halogens is 1.